The van der Waals surface area contributed by atoms with Crippen LogP contribution in [0.5, 0.6) is 5.75 Å². The average Bonchev–Trinajstić information content (AvgIpc) is 2.89. The Balaban J connectivity index is 1.79. The lowest BCUT2D eigenvalue weighted by Gasteiger charge is -2.27. The van der Waals surface area contributed by atoms with Crippen molar-refractivity contribution in [3.63, 3.8) is 0 Å². The molecular formula is C29H33F4N3O4. The molecule has 1 aliphatic heterocycles. The lowest BCUT2D eigenvalue weighted by atomic mass is 9.99. The summed E-state index contributed by atoms with van der Waals surface area (Å²) < 4.78 is 59.1. The molecule has 40 heavy (non-hydrogen) atoms. The molecule has 3 rings (SSSR count). The van der Waals surface area contributed by atoms with Crippen LogP contribution < -0.4 is 20.7 Å². The van der Waals surface area contributed by atoms with E-state index in [1.807, 2.05) is 0 Å². The zero-order valence-corrected chi connectivity index (χ0v) is 21.9. The molecule has 4 N–H and O–H groups in total. The number of aliphatic hydroxyl groups is 1. The summed E-state index contributed by atoms with van der Waals surface area (Å²) >= 11 is 0. The second-order valence-corrected chi connectivity index (χ2v) is 9.70. The minimum absolute atomic E-state index is 0.00296. The third-order valence-corrected chi connectivity index (χ3v) is 6.41. The quantitative estimate of drug-likeness (QED) is 0.319. The van der Waals surface area contributed by atoms with Crippen LogP contribution in [0.4, 0.5) is 17.6 Å². The van der Waals surface area contributed by atoms with Crippen molar-refractivity contribution >= 4 is 11.8 Å². The molecule has 0 saturated heterocycles. The Morgan fingerprint density at radius 1 is 1.12 bits per heavy atom. The Labute approximate surface area is 230 Å². The van der Waals surface area contributed by atoms with E-state index in [1.165, 1.54) is 24.3 Å². The number of hydrogen-bond donors (Lipinski definition) is 4. The summed E-state index contributed by atoms with van der Waals surface area (Å²) in [6.45, 7) is 0.244. The zero-order chi connectivity index (χ0) is 29.1. The monoisotopic (exact) mass is 563 g/mol. The number of benzene rings is 2. The highest BCUT2D eigenvalue weighted by Crippen LogP contribution is 2.29. The molecule has 0 radical (unpaired) electrons. The van der Waals surface area contributed by atoms with E-state index in [2.05, 4.69) is 21.9 Å². The van der Waals surface area contributed by atoms with Crippen LogP contribution in [-0.2, 0) is 28.7 Å². The fraction of sp³-hybridized carbons (Fsp3) is 0.448. The van der Waals surface area contributed by atoms with Gasteiger partial charge in [-0.25, -0.2) is 4.39 Å². The highest BCUT2D eigenvalue weighted by molar-refractivity contribution is 5.88. The minimum Gasteiger partial charge on any atom is -0.493 e. The van der Waals surface area contributed by atoms with Crippen LogP contribution >= 0.6 is 0 Å². The molecular weight excluding hydrogens is 530 g/mol. The minimum atomic E-state index is -4.48. The van der Waals surface area contributed by atoms with Gasteiger partial charge in [0.2, 0.25) is 11.8 Å². The Morgan fingerprint density at radius 3 is 2.67 bits per heavy atom. The van der Waals surface area contributed by atoms with E-state index >= 15 is 0 Å². The highest BCUT2D eigenvalue weighted by Gasteiger charge is 2.30. The van der Waals surface area contributed by atoms with Gasteiger partial charge in [-0.1, -0.05) is 18.2 Å². The Kier molecular flexibility index (Phi) is 11.3. The zero-order valence-electron chi connectivity index (χ0n) is 21.9. The number of carbonyl (C=O) groups is 2. The second kappa shape index (κ2) is 14.7. The predicted molar refractivity (Wildman–Crippen MR) is 141 cm³/mol. The first-order valence-electron chi connectivity index (χ1n) is 13.1. The number of rotatable bonds is 6. The van der Waals surface area contributed by atoms with Crippen molar-refractivity contribution in [1.82, 2.24) is 16.0 Å². The average molecular weight is 564 g/mol. The van der Waals surface area contributed by atoms with Gasteiger partial charge in [-0.2, -0.15) is 13.2 Å². The Morgan fingerprint density at radius 2 is 1.93 bits per heavy atom. The van der Waals surface area contributed by atoms with Crippen LogP contribution in [0.15, 0.2) is 42.5 Å². The molecule has 11 heteroatoms. The van der Waals surface area contributed by atoms with Crippen LogP contribution in [0.25, 0.3) is 0 Å². The number of amides is 2. The molecule has 3 atom stereocenters. The van der Waals surface area contributed by atoms with Crippen LogP contribution in [0, 0.1) is 18.2 Å². The summed E-state index contributed by atoms with van der Waals surface area (Å²) in [6, 6.07) is 6.92. The van der Waals surface area contributed by atoms with Crippen molar-refractivity contribution in [1.29, 1.82) is 0 Å². The topological polar surface area (TPSA) is 99.7 Å². The number of alkyl halides is 3. The molecule has 216 valence electrons. The molecule has 0 aliphatic carbocycles. The Bertz CT molecular complexity index is 1200. The largest absolute Gasteiger partial charge is 0.493 e. The maximum atomic E-state index is 14.4. The number of ether oxygens (including phenoxy) is 1. The molecule has 1 heterocycles. The molecule has 2 bridgehead atoms. The fourth-order valence-corrected chi connectivity index (χ4v) is 4.35. The van der Waals surface area contributed by atoms with E-state index in [4.69, 9.17) is 11.2 Å². The molecule has 7 nitrogen and oxygen atoms in total. The number of fused-ring (bicyclic) bond motifs is 2. The maximum absolute atomic E-state index is 14.4. The van der Waals surface area contributed by atoms with Gasteiger partial charge in [-0.05, 0) is 55.0 Å². The normalized spacial score (nSPS) is 20.0. The van der Waals surface area contributed by atoms with Gasteiger partial charge in [-0.15, -0.1) is 12.3 Å². The van der Waals surface area contributed by atoms with Gasteiger partial charge >= 0.3 is 6.18 Å². The molecule has 3 unspecified atom stereocenters. The van der Waals surface area contributed by atoms with Gasteiger partial charge in [0.1, 0.15) is 17.6 Å². The summed E-state index contributed by atoms with van der Waals surface area (Å²) in [4.78, 5) is 25.5. The van der Waals surface area contributed by atoms with Gasteiger partial charge in [0, 0.05) is 32.0 Å². The standard InChI is InChI=1S/C29H33F4N3O4/c1-2-7-24-28(39)36-25(26(37)18-34-17-19-8-6-9-21(12-19)29(31,32)33)15-20-13-22(30)16-23(14-20)40-11-5-3-4-10-27(38)35-24/h1,6,8-9,12-14,16,24-26,34,37H,3-5,7,10-11,15,17-18H2,(H,35,38)(H,36,39). The highest BCUT2D eigenvalue weighted by atomic mass is 19.4. The van der Waals surface area contributed by atoms with Crippen molar-refractivity contribution in [2.45, 2.75) is 69.4 Å². The lowest BCUT2D eigenvalue weighted by Crippen LogP contribution is -2.54. The third-order valence-electron chi connectivity index (χ3n) is 6.41. The van der Waals surface area contributed by atoms with E-state index in [9.17, 15) is 32.3 Å². The number of carbonyl (C=O) groups excluding carboxylic acids is 2. The first kappa shape index (κ1) is 30.9. The summed E-state index contributed by atoms with van der Waals surface area (Å²) in [6.07, 6.45) is 1.71. The molecule has 1 aliphatic rings. The first-order chi connectivity index (χ1) is 19.0. The predicted octanol–water partition coefficient (Wildman–Crippen LogP) is 3.48. The third kappa shape index (κ3) is 9.84. The number of hydrogen-bond acceptors (Lipinski definition) is 5. The maximum Gasteiger partial charge on any atom is 0.416 e. The van der Waals surface area contributed by atoms with Crippen LogP contribution in [0.2, 0.25) is 0 Å². The molecule has 0 aromatic heterocycles. The molecule has 2 aromatic carbocycles. The van der Waals surface area contributed by atoms with Gasteiger partial charge in [0.25, 0.3) is 0 Å². The second-order valence-electron chi connectivity index (χ2n) is 9.70. The summed E-state index contributed by atoms with van der Waals surface area (Å²) in [5.41, 5.74) is 0.0116. The van der Waals surface area contributed by atoms with E-state index in [-0.39, 0.29) is 38.3 Å². The molecule has 2 amide bonds. The molecule has 2 aromatic rings. The van der Waals surface area contributed by atoms with Crippen LogP contribution in [0.1, 0.15) is 48.8 Å². The van der Waals surface area contributed by atoms with Crippen molar-refractivity contribution in [2.75, 3.05) is 13.2 Å². The van der Waals surface area contributed by atoms with Crippen LogP contribution in [-0.4, -0.2) is 48.3 Å². The SMILES string of the molecule is C#CCC1NC(=O)CCCCCOc2cc(F)cc(c2)CC(C(O)CNCc2cccc(C(F)(F)F)c2)NC1=O. The number of halogens is 4. The molecule has 0 fully saturated rings. The van der Waals surface area contributed by atoms with Crippen molar-refractivity contribution in [3.8, 4) is 18.1 Å². The van der Waals surface area contributed by atoms with Gasteiger partial charge < -0.3 is 25.8 Å². The van der Waals surface area contributed by atoms with E-state index in [1.54, 1.807) is 6.07 Å². The van der Waals surface area contributed by atoms with Crippen molar-refractivity contribution in [2.24, 2.45) is 0 Å². The lowest BCUT2D eigenvalue weighted by molar-refractivity contribution is -0.137. The van der Waals surface area contributed by atoms with E-state index in [0.717, 1.165) is 12.1 Å². The van der Waals surface area contributed by atoms with Crippen molar-refractivity contribution < 1.29 is 37.0 Å². The summed E-state index contributed by atoms with van der Waals surface area (Å²) in [5.74, 6) is 1.16. The molecule has 0 saturated carbocycles. The number of terminal acetylenes is 1. The summed E-state index contributed by atoms with van der Waals surface area (Å²) in [5, 5.41) is 19.2. The van der Waals surface area contributed by atoms with Gasteiger partial charge in [-0.3, -0.25) is 9.59 Å². The molecule has 0 spiro atoms. The van der Waals surface area contributed by atoms with E-state index in [0.29, 0.717) is 42.7 Å². The number of aliphatic hydroxyl groups excluding tert-OH is 1. The Hall–Kier alpha value is -3.62. The first-order valence-corrected chi connectivity index (χ1v) is 13.1. The summed E-state index contributed by atoms with van der Waals surface area (Å²) in [7, 11) is 0. The van der Waals surface area contributed by atoms with E-state index < -0.39 is 41.7 Å². The van der Waals surface area contributed by atoms with Gasteiger partial charge in [0.05, 0.1) is 24.3 Å². The smallest absolute Gasteiger partial charge is 0.416 e. The fourth-order valence-electron chi connectivity index (χ4n) is 4.35. The van der Waals surface area contributed by atoms with Gasteiger partial charge in [0.15, 0.2) is 0 Å². The number of nitrogens with one attached hydrogen (secondary N) is 3. The van der Waals surface area contributed by atoms with Crippen molar-refractivity contribution in [3.05, 3.63) is 65.0 Å². The van der Waals surface area contributed by atoms with Crippen LogP contribution in [0.3, 0.4) is 0 Å².